The van der Waals surface area contributed by atoms with Crippen LogP contribution in [0.5, 0.6) is 0 Å². The summed E-state index contributed by atoms with van der Waals surface area (Å²) in [5.41, 5.74) is 5.56. The maximum absolute atomic E-state index is 12.3. The van der Waals surface area contributed by atoms with Gasteiger partial charge in [-0.25, -0.2) is 4.98 Å². The van der Waals surface area contributed by atoms with Gasteiger partial charge in [0.2, 0.25) is 0 Å². The smallest absolute Gasteiger partial charge is 0.312 e. The largest absolute Gasteiger partial charge is 0.469 e. The Morgan fingerprint density at radius 3 is 2.61 bits per heavy atom. The molecule has 0 amide bonds. The fraction of sp³-hybridized carbons (Fsp3) is 0.314. The van der Waals surface area contributed by atoms with Crippen LogP contribution in [-0.2, 0) is 16.0 Å². The predicted octanol–water partition coefficient (Wildman–Crippen LogP) is 8.90. The topological polar surface area (TPSA) is 59.4 Å². The van der Waals surface area contributed by atoms with Crippen LogP contribution in [0.3, 0.4) is 0 Å². The molecule has 4 nitrogen and oxygen atoms in total. The van der Waals surface area contributed by atoms with Gasteiger partial charge in [0.1, 0.15) is 0 Å². The fourth-order valence-electron chi connectivity index (χ4n) is 4.82. The molecule has 214 valence electrons. The molecule has 2 atom stereocenters. The first-order chi connectivity index (χ1) is 19.6. The molecule has 0 aliphatic carbocycles. The van der Waals surface area contributed by atoms with Gasteiger partial charge >= 0.3 is 5.97 Å². The number of benzene rings is 3. The lowest BCUT2D eigenvalue weighted by atomic mass is 9.92. The predicted molar refractivity (Wildman–Crippen MR) is 173 cm³/mol. The Hall–Kier alpha value is -3.12. The van der Waals surface area contributed by atoms with E-state index in [0.29, 0.717) is 11.4 Å². The van der Waals surface area contributed by atoms with Gasteiger partial charge in [-0.15, -0.1) is 0 Å². The van der Waals surface area contributed by atoms with E-state index in [9.17, 15) is 9.90 Å². The molecule has 3 aromatic carbocycles. The molecule has 41 heavy (non-hydrogen) atoms. The lowest BCUT2D eigenvalue weighted by Crippen LogP contribution is -2.19. The van der Waals surface area contributed by atoms with E-state index < -0.39 is 5.60 Å². The summed E-state index contributed by atoms with van der Waals surface area (Å²) in [5.74, 6) is 0.306. The Kier molecular flexibility index (Phi) is 10.7. The first-order valence-electron chi connectivity index (χ1n) is 14.0. The lowest BCUT2D eigenvalue weighted by molar-refractivity contribution is -0.142. The highest BCUT2D eigenvalue weighted by Crippen LogP contribution is 2.36. The maximum Gasteiger partial charge on any atom is 0.312 e. The van der Waals surface area contributed by atoms with Crippen molar-refractivity contribution in [2.45, 2.75) is 56.8 Å². The highest BCUT2D eigenvalue weighted by atomic mass is 35.5. The standard InChI is InChI=1S/C35H38ClNO3S/c1-24(34(38)40-4)31-11-6-5-9-26(31)15-19-33(41-21-20-35(2,3)39)28-10-7-8-25(22-28)12-17-30-18-14-27-13-16-29(36)23-32(27)37-30/h5-14,16-18,22-24,33,39H,15,19-21H2,1-4H3/b17-12+. The Balaban J connectivity index is 1.55. The van der Waals surface area contributed by atoms with Crippen molar-refractivity contribution in [1.29, 1.82) is 0 Å². The number of methoxy groups -OCH3 is 1. The quantitative estimate of drug-likeness (QED) is 0.168. The minimum Gasteiger partial charge on any atom is -0.469 e. The second-order valence-corrected chi connectivity index (χ2v) is 12.7. The fourth-order valence-corrected chi connectivity index (χ4v) is 6.51. The molecule has 4 aromatic rings. The van der Waals surface area contributed by atoms with E-state index in [1.807, 2.05) is 81.1 Å². The molecular weight excluding hydrogens is 550 g/mol. The molecule has 4 rings (SSSR count). The minimum atomic E-state index is -0.707. The molecule has 0 bridgehead atoms. The molecule has 0 aliphatic heterocycles. The van der Waals surface area contributed by atoms with Gasteiger partial charge in [-0.1, -0.05) is 78.3 Å². The van der Waals surface area contributed by atoms with Crippen molar-refractivity contribution in [2.75, 3.05) is 12.9 Å². The average molecular weight is 588 g/mol. The minimum absolute atomic E-state index is 0.225. The number of hydrogen-bond donors (Lipinski definition) is 1. The normalized spacial score (nSPS) is 13.4. The van der Waals surface area contributed by atoms with E-state index in [1.165, 1.54) is 12.7 Å². The molecule has 1 aromatic heterocycles. The van der Waals surface area contributed by atoms with E-state index in [2.05, 4.69) is 42.5 Å². The Labute approximate surface area is 252 Å². The summed E-state index contributed by atoms with van der Waals surface area (Å²) in [6, 6.07) is 26.6. The number of esters is 1. The molecule has 1 heterocycles. The van der Waals surface area contributed by atoms with E-state index in [0.717, 1.165) is 51.9 Å². The summed E-state index contributed by atoms with van der Waals surface area (Å²) in [7, 11) is 1.43. The molecule has 0 saturated carbocycles. The van der Waals surface area contributed by atoms with Crippen molar-refractivity contribution in [3.63, 3.8) is 0 Å². The van der Waals surface area contributed by atoms with Crippen LogP contribution in [0.4, 0.5) is 0 Å². The van der Waals surface area contributed by atoms with Crippen molar-refractivity contribution < 1.29 is 14.6 Å². The van der Waals surface area contributed by atoms with E-state index >= 15 is 0 Å². The van der Waals surface area contributed by atoms with Crippen molar-refractivity contribution >= 4 is 52.4 Å². The second-order valence-electron chi connectivity index (χ2n) is 11.0. The SMILES string of the molecule is COC(=O)C(C)c1ccccc1CCC(SCCC(C)(C)O)c1cccc(/C=C/c2ccc3ccc(Cl)cc3n2)c1. The van der Waals surface area contributed by atoms with Gasteiger partial charge < -0.3 is 9.84 Å². The number of aromatic nitrogens is 1. The third kappa shape index (κ3) is 8.93. The summed E-state index contributed by atoms with van der Waals surface area (Å²) in [6.45, 7) is 5.61. The number of rotatable bonds is 12. The number of hydrogen-bond acceptors (Lipinski definition) is 5. The number of ether oxygens (including phenoxy) is 1. The number of nitrogens with zero attached hydrogens (tertiary/aromatic N) is 1. The summed E-state index contributed by atoms with van der Waals surface area (Å²) in [6.07, 6.45) is 6.57. The first-order valence-corrected chi connectivity index (χ1v) is 15.4. The van der Waals surface area contributed by atoms with Gasteiger partial charge in [-0.2, -0.15) is 11.8 Å². The zero-order valence-corrected chi connectivity index (χ0v) is 25.7. The first kappa shape index (κ1) is 30.8. The third-order valence-electron chi connectivity index (χ3n) is 7.19. The van der Waals surface area contributed by atoms with Crippen LogP contribution < -0.4 is 0 Å². The molecule has 0 spiro atoms. The van der Waals surface area contributed by atoms with Crippen molar-refractivity contribution in [2.24, 2.45) is 0 Å². The number of aliphatic hydroxyl groups is 1. The van der Waals surface area contributed by atoms with Crippen LogP contribution in [0.15, 0.2) is 78.9 Å². The summed E-state index contributed by atoms with van der Waals surface area (Å²) < 4.78 is 5.01. The molecule has 1 N–H and O–H groups in total. The van der Waals surface area contributed by atoms with Gasteiger partial charge in [0, 0.05) is 15.7 Å². The van der Waals surface area contributed by atoms with Crippen molar-refractivity contribution in [1.82, 2.24) is 4.98 Å². The van der Waals surface area contributed by atoms with E-state index in [4.69, 9.17) is 21.3 Å². The zero-order chi connectivity index (χ0) is 29.4. The summed E-state index contributed by atoms with van der Waals surface area (Å²) in [4.78, 5) is 17.0. The molecule has 0 radical (unpaired) electrons. The van der Waals surface area contributed by atoms with Gasteiger partial charge in [-0.05, 0) is 92.3 Å². The van der Waals surface area contributed by atoms with Crippen LogP contribution in [0.25, 0.3) is 23.1 Å². The van der Waals surface area contributed by atoms with Crippen molar-refractivity contribution in [3.05, 3.63) is 112 Å². The van der Waals surface area contributed by atoms with Crippen molar-refractivity contribution in [3.8, 4) is 0 Å². The number of fused-ring (bicyclic) bond motifs is 1. The average Bonchev–Trinajstić information content (AvgIpc) is 2.96. The van der Waals surface area contributed by atoms with Gasteiger partial charge in [-0.3, -0.25) is 4.79 Å². The van der Waals surface area contributed by atoms with Crippen LogP contribution in [0.1, 0.15) is 72.7 Å². The summed E-state index contributed by atoms with van der Waals surface area (Å²) in [5, 5.41) is 12.3. The van der Waals surface area contributed by atoms with Gasteiger partial charge in [0.25, 0.3) is 0 Å². The van der Waals surface area contributed by atoms with Crippen LogP contribution >= 0.6 is 23.4 Å². The Morgan fingerprint density at radius 1 is 1.05 bits per heavy atom. The molecule has 0 fully saturated rings. The van der Waals surface area contributed by atoms with Crippen LogP contribution in [0, 0.1) is 0 Å². The highest BCUT2D eigenvalue weighted by molar-refractivity contribution is 7.99. The third-order valence-corrected chi connectivity index (χ3v) is 8.77. The highest BCUT2D eigenvalue weighted by Gasteiger charge is 2.21. The van der Waals surface area contributed by atoms with Crippen LogP contribution in [0.2, 0.25) is 5.02 Å². The second kappa shape index (κ2) is 14.2. The number of halogens is 1. The Bertz CT molecular complexity index is 1510. The van der Waals surface area contributed by atoms with E-state index in [1.54, 1.807) is 0 Å². The van der Waals surface area contributed by atoms with Gasteiger partial charge in [0.15, 0.2) is 0 Å². The Morgan fingerprint density at radius 2 is 1.83 bits per heavy atom. The van der Waals surface area contributed by atoms with E-state index in [-0.39, 0.29) is 17.1 Å². The zero-order valence-electron chi connectivity index (χ0n) is 24.1. The monoisotopic (exact) mass is 587 g/mol. The molecule has 0 saturated heterocycles. The summed E-state index contributed by atoms with van der Waals surface area (Å²) >= 11 is 8.04. The number of thioether (sulfide) groups is 1. The number of carbonyl (C=O) groups is 1. The lowest BCUT2D eigenvalue weighted by Gasteiger charge is -2.22. The molecular formula is C35H38ClNO3S. The van der Waals surface area contributed by atoms with Crippen LogP contribution in [-0.4, -0.2) is 34.5 Å². The molecule has 6 heteroatoms. The molecule has 0 aliphatic rings. The molecule has 2 unspecified atom stereocenters. The van der Waals surface area contributed by atoms with Gasteiger partial charge in [0.05, 0.1) is 29.8 Å². The number of pyridine rings is 1. The maximum atomic E-state index is 12.3. The number of aryl methyl sites for hydroxylation is 1. The number of carbonyl (C=O) groups excluding carboxylic acids is 1.